The van der Waals surface area contributed by atoms with Crippen molar-refractivity contribution in [1.29, 1.82) is 0 Å². The zero-order valence-corrected chi connectivity index (χ0v) is 18.8. The summed E-state index contributed by atoms with van der Waals surface area (Å²) in [6, 6.07) is 7.11. The number of aromatic nitrogens is 2. The van der Waals surface area contributed by atoms with Gasteiger partial charge in [-0.25, -0.2) is 9.97 Å². The van der Waals surface area contributed by atoms with Crippen molar-refractivity contribution in [3.63, 3.8) is 0 Å². The largest absolute Gasteiger partial charge is 0.497 e. The molecule has 0 unspecified atom stereocenters. The predicted octanol–water partition coefficient (Wildman–Crippen LogP) is 2.74. The third-order valence-corrected chi connectivity index (χ3v) is 5.98. The molecule has 2 amide bonds. The van der Waals surface area contributed by atoms with Gasteiger partial charge in [0.25, 0.3) is 5.91 Å². The molecule has 0 saturated carbocycles. The summed E-state index contributed by atoms with van der Waals surface area (Å²) in [4.78, 5) is 38.0. The van der Waals surface area contributed by atoms with Crippen molar-refractivity contribution < 1.29 is 14.3 Å². The van der Waals surface area contributed by atoms with E-state index in [1.54, 1.807) is 36.3 Å². The van der Waals surface area contributed by atoms with Crippen molar-refractivity contribution in [3.05, 3.63) is 46.8 Å². The van der Waals surface area contributed by atoms with Gasteiger partial charge in [-0.2, -0.15) is 0 Å². The van der Waals surface area contributed by atoms with Crippen LogP contribution in [0.3, 0.4) is 0 Å². The summed E-state index contributed by atoms with van der Waals surface area (Å²) >= 11 is 1.52. The van der Waals surface area contributed by atoms with Crippen LogP contribution in [0.4, 0.5) is 0 Å². The number of carbonyl (C=O) groups is 2. The normalized spacial score (nSPS) is 14.0. The van der Waals surface area contributed by atoms with Crippen LogP contribution in [0.25, 0.3) is 0 Å². The van der Waals surface area contributed by atoms with E-state index < -0.39 is 0 Å². The Bertz CT molecular complexity index is 886. The second kappa shape index (κ2) is 9.93. The van der Waals surface area contributed by atoms with Crippen LogP contribution in [0.15, 0.2) is 29.4 Å². The number of ether oxygens (including phenoxy) is 1. The van der Waals surface area contributed by atoms with Gasteiger partial charge in [0.1, 0.15) is 5.75 Å². The molecule has 0 N–H and O–H groups in total. The predicted molar refractivity (Wildman–Crippen MR) is 117 cm³/mol. The average molecular weight is 429 g/mol. The number of hydrogen-bond donors (Lipinski definition) is 0. The molecule has 0 spiro atoms. The highest BCUT2D eigenvalue weighted by atomic mass is 32.2. The van der Waals surface area contributed by atoms with Crippen LogP contribution >= 0.6 is 11.8 Å². The number of aryl methyl sites for hydroxylation is 2. The highest BCUT2D eigenvalue weighted by molar-refractivity contribution is 7.98. The van der Waals surface area contributed by atoms with Crippen LogP contribution < -0.4 is 4.74 Å². The van der Waals surface area contributed by atoms with Crippen molar-refractivity contribution in [2.24, 2.45) is 0 Å². The van der Waals surface area contributed by atoms with Crippen molar-refractivity contribution >= 4 is 23.6 Å². The molecule has 1 aliphatic heterocycles. The Morgan fingerprint density at radius 2 is 1.57 bits per heavy atom. The standard InChI is InChI=1S/C22H28N4O3S/c1-15-19(16(2)24-22(23-15)30-4)9-10-20(27)25-11-13-26(14-12-25)21(28)17-5-7-18(29-3)8-6-17/h5-8H,9-14H2,1-4H3. The van der Waals surface area contributed by atoms with E-state index in [0.717, 1.165) is 27.9 Å². The van der Waals surface area contributed by atoms with Gasteiger partial charge in [-0.05, 0) is 56.4 Å². The maximum Gasteiger partial charge on any atom is 0.253 e. The summed E-state index contributed by atoms with van der Waals surface area (Å²) in [6.07, 6.45) is 3.02. The fraction of sp³-hybridized carbons (Fsp3) is 0.455. The zero-order valence-electron chi connectivity index (χ0n) is 18.0. The third kappa shape index (κ3) is 5.11. The molecule has 0 atom stereocenters. The summed E-state index contributed by atoms with van der Waals surface area (Å²) in [7, 11) is 1.60. The molecule has 2 heterocycles. The zero-order chi connectivity index (χ0) is 21.7. The number of benzene rings is 1. The molecule has 1 aromatic carbocycles. The summed E-state index contributed by atoms with van der Waals surface area (Å²) in [5.74, 6) is 0.822. The van der Waals surface area contributed by atoms with Gasteiger partial charge in [0.2, 0.25) is 5.91 Å². The molecule has 1 aliphatic rings. The number of hydrogen-bond acceptors (Lipinski definition) is 6. The van der Waals surface area contributed by atoms with Crippen molar-refractivity contribution in [3.8, 4) is 5.75 Å². The molecule has 160 valence electrons. The van der Waals surface area contributed by atoms with Gasteiger partial charge in [0, 0.05) is 49.6 Å². The van der Waals surface area contributed by atoms with Gasteiger partial charge in [-0.15, -0.1) is 0 Å². The quantitative estimate of drug-likeness (QED) is 0.520. The van der Waals surface area contributed by atoms with Crippen molar-refractivity contribution in [1.82, 2.24) is 19.8 Å². The minimum atomic E-state index is -0.0120. The van der Waals surface area contributed by atoms with Crippen LogP contribution in [0.5, 0.6) is 5.75 Å². The summed E-state index contributed by atoms with van der Waals surface area (Å²) in [5.41, 5.74) is 3.56. The van der Waals surface area contributed by atoms with Gasteiger partial charge in [-0.1, -0.05) is 11.8 Å². The number of methoxy groups -OCH3 is 1. The van der Waals surface area contributed by atoms with E-state index in [4.69, 9.17) is 4.74 Å². The molecule has 1 aromatic heterocycles. The maximum absolute atomic E-state index is 12.7. The van der Waals surface area contributed by atoms with E-state index in [1.165, 1.54) is 11.8 Å². The number of rotatable bonds is 6. The van der Waals surface area contributed by atoms with Gasteiger partial charge in [0.05, 0.1) is 7.11 Å². The molecular weight excluding hydrogens is 400 g/mol. The van der Waals surface area contributed by atoms with Crippen LogP contribution in [-0.4, -0.2) is 71.1 Å². The SMILES string of the molecule is COc1ccc(C(=O)N2CCN(C(=O)CCc3c(C)nc(SC)nc3C)CC2)cc1. The molecule has 0 radical (unpaired) electrons. The lowest BCUT2D eigenvalue weighted by Crippen LogP contribution is -2.50. The topological polar surface area (TPSA) is 75.6 Å². The number of piperazine rings is 1. The average Bonchev–Trinajstić information content (AvgIpc) is 2.77. The van der Waals surface area contributed by atoms with Gasteiger partial charge < -0.3 is 14.5 Å². The van der Waals surface area contributed by atoms with E-state index >= 15 is 0 Å². The number of carbonyl (C=O) groups excluding carboxylic acids is 2. The lowest BCUT2D eigenvalue weighted by Gasteiger charge is -2.35. The Balaban J connectivity index is 1.52. The first-order valence-corrected chi connectivity index (χ1v) is 11.2. The molecule has 1 saturated heterocycles. The fourth-order valence-electron chi connectivity index (χ4n) is 3.63. The molecule has 30 heavy (non-hydrogen) atoms. The van der Waals surface area contributed by atoms with Crippen LogP contribution in [-0.2, 0) is 11.2 Å². The van der Waals surface area contributed by atoms with Crippen LogP contribution in [0.2, 0.25) is 0 Å². The number of thioether (sulfide) groups is 1. The summed E-state index contributed by atoms with van der Waals surface area (Å²) < 4.78 is 5.14. The van der Waals surface area contributed by atoms with Crippen molar-refractivity contribution in [2.75, 3.05) is 39.5 Å². The lowest BCUT2D eigenvalue weighted by molar-refractivity contribution is -0.132. The van der Waals surface area contributed by atoms with E-state index in [1.807, 2.05) is 25.0 Å². The number of amides is 2. The second-order valence-electron chi connectivity index (χ2n) is 7.26. The molecule has 7 nitrogen and oxygen atoms in total. The maximum atomic E-state index is 12.7. The minimum Gasteiger partial charge on any atom is -0.497 e. The lowest BCUT2D eigenvalue weighted by atomic mass is 10.1. The first-order chi connectivity index (χ1) is 14.4. The first-order valence-electron chi connectivity index (χ1n) is 10.0. The molecular formula is C22H28N4O3S. The van der Waals surface area contributed by atoms with E-state index in [-0.39, 0.29) is 11.8 Å². The Morgan fingerprint density at radius 1 is 1.00 bits per heavy atom. The number of nitrogens with zero attached hydrogens (tertiary/aromatic N) is 4. The molecule has 3 rings (SSSR count). The van der Waals surface area contributed by atoms with Crippen LogP contribution in [0.1, 0.15) is 33.7 Å². The van der Waals surface area contributed by atoms with E-state index in [9.17, 15) is 9.59 Å². The highest BCUT2D eigenvalue weighted by Crippen LogP contribution is 2.18. The van der Waals surface area contributed by atoms with Gasteiger partial charge in [0.15, 0.2) is 5.16 Å². The third-order valence-electron chi connectivity index (χ3n) is 5.43. The Hall–Kier alpha value is -2.61. The summed E-state index contributed by atoms with van der Waals surface area (Å²) in [5, 5.41) is 0.762. The second-order valence-corrected chi connectivity index (χ2v) is 8.03. The molecule has 0 aliphatic carbocycles. The monoisotopic (exact) mass is 428 g/mol. The molecule has 0 bridgehead atoms. The Labute approximate surface area is 181 Å². The summed E-state index contributed by atoms with van der Waals surface area (Å²) in [6.45, 7) is 6.14. The van der Waals surface area contributed by atoms with Gasteiger partial charge in [-0.3, -0.25) is 9.59 Å². The Morgan fingerprint density at radius 3 is 2.10 bits per heavy atom. The van der Waals surface area contributed by atoms with Crippen molar-refractivity contribution in [2.45, 2.75) is 31.8 Å². The molecule has 2 aromatic rings. The first kappa shape index (κ1) is 22.1. The highest BCUT2D eigenvalue weighted by Gasteiger charge is 2.25. The fourth-order valence-corrected chi connectivity index (χ4v) is 4.08. The molecule has 8 heteroatoms. The Kier molecular flexibility index (Phi) is 7.31. The van der Waals surface area contributed by atoms with Gasteiger partial charge >= 0.3 is 0 Å². The van der Waals surface area contributed by atoms with Crippen LogP contribution in [0, 0.1) is 13.8 Å². The van der Waals surface area contributed by atoms with E-state index in [2.05, 4.69) is 9.97 Å². The van der Waals surface area contributed by atoms with E-state index in [0.29, 0.717) is 44.6 Å². The minimum absolute atomic E-state index is 0.0120. The molecule has 1 fully saturated rings. The smallest absolute Gasteiger partial charge is 0.253 e.